The Hall–Kier alpha value is -3.85. The summed E-state index contributed by atoms with van der Waals surface area (Å²) in [5.74, 6) is -0.807. The van der Waals surface area contributed by atoms with Crippen LogP contribution in [0.3, 0.4) is 0 Å². The Morgan fingerprint density at radius 1 is 1.08 bits per heavy atom. The summed E-state index contributed by atoms with van der Waals surface area (Å²) in [6.07, 6.45) is 0. The monoisotopic (exact) mass is 509 g/mol. The summed E-state index contributed by atoms with van der Waals surface area (Å²) in [5, 5.41) is 11.4. The van der Waals surface area contributed by atoms with Crippen molar-refractivity contribution in [1.29, 1.82) is 0 Å². The van der Waals surface area contributed by atoms with E-state index in [0.717, 1.165) is 0 Å². The average molecular weight is 510 g/mol. The van der Waals surface area contributed by atoms with Gasteiger partial charge in [0, 0.05) is 18.7 Å². The van der Waals surface area contributed by atoms with E-state index < -0.39 is 23.6 Å². The van der Waals surface area contributed by atoms with Crippen LogP contribution >= 0.6 is 0 Å². The van der Waals surface area contributed by atoms with Gasteiger partial charge in [0.05, 0.1) is 18.2 Å². The zero-order valence-corrected chi connectivity index (χ0v) is 22.0. The lowest BCUT2D eigenvalue weighted by atomic mass is 9.94. The number of benzene rings is 2. The van der Waals surface area contributed by atoms with Gasteiger partial charge in [-0.1, -0.05) is 26.0 Å². The van der Waals surface area contributed by atoms with E-state index in [1.54, 1.807) is 42.5 Å². The molecule has 0 spiro atoms. The van der Waals surface area contributed by atoms with Crippen molar-refractivity contribution < 1.29 is 29.0 Å². The highest BCUT2D eigenvalue weighted by Crippen LogP contribution is 2.40. The molecule has 1 aliphatic heterocycles. The third kappa shape index (κ3) is 6.68. The summed E-state index contributed by atoms with van der Waals surface area (Å²) in [7, 11) is 3.76. The summed E-state index contributed by atoms with van der Waals surface area (Å²) in [4.78, 5) is 40.7. The number of likely N-dealkylation sites (N-methyl/N-ethyl adjacent to an activating group) is 1. The number of Topliss-reactive ketones (excluding diaryl/α,β-unsaturated/α-hetero) is 1. The first-order chi connectivity index (χ1) is 17.5. The molecule has 9 nitrogen and oxygen atoms in total. The van der Waals surface area contributed by atoms with Gasteiger partial charge in [0.2, 0.25) is 0 Å². The van der Waals surface area contributed by atoms with Gasteiger partial charge in [-0.05, 0) is 68.4 Å². The number of aryl methyl sites for hydroxylation is 1. The third-order valence-corrected chi connectivity index (χ3v) is 5.94. The Labute approximate surface area is 217 Å². The van der Waals surface area contributed by atoms with Crippen molar-refractivity contribution in [2.75, 3.05) is 40.4 Å². The summed E-state index contributed by atoms with van der Waals surface area (Å²) >= 11 is 0. The minimum Gasteiger partial charge on any atom is -0.507 e. The Balaban J connectivity index is 2.04. The molecule has 2 aromatic carbocycles. The maximum atomic E-state index is 13.2. The topological polar surface area (TPSA) is 122 Å². The molecule has 1 atom stereocenters. The highest BCUT2D eigenvalue weighted by molar-refractivity contribution is 6.46. The summed E-state index contributed by atoms with van der Waals surface area (Å²) in [6.45, 7) is 7.04. The number of nitrogens with zero attached hydrogens (tertiary/aromatic N) is 2. The van der Waals surface area contributed by atoms with E-state index in [1.807, 2.05) is 25.9 Å². The molecule has 198 valence electrons. The summed E-state index contributed by atoms with van der Waals surface area (Å²) < 4.78 is 11.1. The normalized spacial score (nSPS) is 17.1. The highest BCUT2D eigenvalue weighted by atomic mass is 16.5. The van der Waals surface area contributed by atoms with Crippen LogP contribution in [-0.2, 0) is 14.4 Å². The van der Waals surface area contributed by atoms with E-state index >= 15 is 0 Å². The van der Waals surface area contributed by atoms with Crippen molar-refractivity contribution in [2.45, 2.75) is 26.8 Å². The van der Waals surface area contributed by atoms with Gasteiger partial charge in [-0.15, -0.1) is 0 Å². The maximum Gasteiger partial charge on any atom is 0.295 e. The standard InChI is InChI=1S/C28H35N3O6/c1-17(2)15-36-21-10-11-22(18(3)14-21)26(33)24-25(31(13-12-30(4)5)28(35)27(24)34)19-6-8-20(9-7-19)37-16-23(29)32/h6-11,14,17,25,33H,12-13,15-16H2,1-5H3,(H2,29,32). The predicted octanol–water partition coefficient (Wildman–Crippen LogP) is 2.88. The summed E-state index contributed by atoms with van der Waals surface area (Å²) in [6, 6.07) is 11.1. The number of hydrogen-bond donors (Lipinski definition) is 2. The Kier molecular flexibility index (Phi) is 8.94. The minimum absolute atomic E-state index is 0.0218. The first-order valence-corrected chi connectivity index (χ1v) is 12.2. The molecule has 0 saturated carbocycles. The molecule has 1 fully saturated rings. The van der Waals surface area contributed by atoms with Crippen molar-refractivity contribution in [1.82, 2.24) is 9.80 Å². The largest absolute Gasteiger partial charge is 0.507 e. The molecular formula is C28H35N3O6. The van der Waals surface area contributed by atoms with Crippen LogP contribution in [0.1, 0.15) is 36.6 Å². The number of likely N-dealkylation sites (tertiary alicyclic amines) is 1. The van der Waals surface area contributed by atoms with Gasteiger partial charge < -0.3 is 30.1 Å². The molecule has 3 N–H and O–H groups in total. The molecule has 2 amide bonds. The first-order valence-electron chi connectivity index (χ1n) is 12.2. The van der Waals surface area contributed by atoms with Crippen molar-refractivity contribution in [3.8, 4) is 11.5 Å². The van der Waals surface area contributed by atoms with E-state index in [2.05, 4.69) is 13.8 Å². The molecule has 9 heteroatoms. The van der Waals surface area contributed by atoms with Crippen LogP contribution in [0.5, 0.6) is 11.5 Å². The van der Waals surface area contributed by atoms with Crippen LogP contribution in [0, 0.1) is 12.8 Å². The molecule has 3 rings (SSSR count). The van der Waals surface area contributed by atoms with Gasteiger partial charge in [-0.3, -0.25) is 14.4 Å². The predicted molar refractivity (Wildman–Crippen MR) is 140 cm³/mol. The zero-order chi connectivity index (χ0) is 27.3. The van der Waals surface area contributed by atoms with Crippen LogP contribution in [0.4, 0.5) is 0 Å². The van der Waals surface area contributed by atoms with Crippen molar-refractivity contribution >= 4 is 23.4 Å². The third-order valence-electron chi connectivity index (χ3n) is 5.94. The molecule has 1 saturated heterocycles. The van der Waals surface area contributed by atoms with E-state index in [9.17, 15) is 19.5 Å². The molecule has 0 aliphatic carbocycles. The lowest BCUT2D eigenvalue weighted by Gasteiger charge is -2.26. The van der Waals surface area contributed by atoms with Gasteiger partial charge in [0.1, 0.15) is 17.3 Å². The fraction of sp³-hybridized carbons (Fsp3) is 0.393. The van der Waals surface area contributed by atoms with E-state index in [1.165, 1.54) is 4.90 Å². The van der Waals surface area contributed by atoms with Gasteiger partial charge in [-0.2, -0.15) is 0 Å². The van der Waals surface area contributed by atoms with Gasteiger partial charge >= 0.3 is 0 Å². The lowest BCUT2D eigenvalue weighted by Crippen LogP contribution is -2.35. The number of carbonyl (C=O) groups excluding carboxylic acids is 3. The second-order valence-corrected chi connectivity index (χ2v) is 9.80. The van der Waals surface area contributed by atoms with Gasteiger partial charge in [0.25, 0.3) is 17.6 Å². The second-order valence-electron chi connectivity index (χ2n) is 9.80. The number of aliphatic hydroxyl groups excluding tert-OH is 1. The van der Waals surface area contributed by atoms with Crippen LogP contribution in [0.2, 0.25) is 0 Å². The Bertz CT molecular complexity index is 1190. The lowest BCUT2D eigenvalue weighted by molar-refractivity contribution is -0.140. The molecule has 37 heavy (non-hydrogen) atoms. The molecule has 2 aromatic rings. The number of primary amides is 1. The molecular weight excluding hydrogens is 474 g/mol. The fourth-order valence-corrected chi connectivity index (χ4v) is 4.07. The molecule has 0 bridgehead atoms. The second kappa shape index (κ2) is 11.9. The molecule has 0 aromatic heterocycles. The molecule has 0 radical (unpaired) electrons. The zero-order valence-electron chi connectivity index (χ0n) is 22.0. The number of carbonyl (C=O) groups is 3. The fourth-order valence-electron chi connectivity index (χ4n) is 4.07. The number of rotatable bonds is 11. The highest BCUT2D eigenvalue weighted by Gasteiger charge is 2.46. The van der Waals surface area contributed by atoms with Gasteiger partial charge in [-0.25, -0.2) is 0 Å². The Morgan fingerprint density at radius 2 is 1.73 bits per heavy atom. The maximum absolute atomic E-state index is 13.2. The first kappa shape index (κ1) is 27.7. The number of ketones is 1. The van der Waals surface area contributed by atoms with Crippen LogP contribution in [0.15, 0.2) is 48.0 Å². The number of nitrogens with two attached hydrogens (primary N) is 1. The van der Waals surface area contributed by atoms with Gasteiger partial charge in [0.15, 0.2) is 6.61 Å². The van der Waals surface area contributed by atoms with Crippen molar-refractivity contribution in [3.05, 3.63) is 64.7 Å². The Morgan fingerprint density at radius 3 is 2.30 bits per heavy atom. The number of hydrogen-bond acceptors (Lipinski definition) is 7. The smallest absolute Gasteiger partial charge is 0.295 e. The average Bonchev–Trinajstić information content (AvgIpc) is 3.09. The SMILES string of the molecule is Cc1cc(OCC(C)C)ccc1C(O)=C1C(=O)C(=O)N(CCN(C)C)C1c1ccc(OCC(N)=O)cc1. The summed E-state index contributed by atoms with van der Waals surface area (Å²) in [5.41, 5.74) is 6.96. The van der Waals surface area contributed by atoms with E-state index in [-0.39, 0.29) is 17.9 Å². The van der Waals surface area contributed by atoms with Crippen molar-refractivity contribution in [3.63, 3.8) is 0 Å². The molecule has 1 unspecified atom stereocenters. The minimum atomic E-state index is -0.790. The number of amides is 2. The van der Waals surface area contributed by atoms with E-state index in [0.29, 0.717) is 53.8 Å². The van der Waals surface area contributed by atoms with Crippen LogP contribution < -0.4 is 15.2 Å². The number of ether oxygens (including phenoxy) is 2. The molecule has 1 aliphatic rings. The number of aliphatic hydroxyl groups is 1. The quantitative estimate of drug-likeness (QED) is 0.271. The van der Waals surface area contributed by atoms with E-state index in [4.69, 9.17) is 15.2 Å². The van der Waals surface area contributed by atoms with Crippen molar-refractivity contribution in [2.24, 2.45) is 11.7 Å². The van der Waals surface area contributed by atoms with Crippen LogP contribution in [-0.4, -0.2) is 72.9 Å². The molecule has 1 heterocycles. The van der Waals surface area contributed by atoms with Crippen LogP contribution in [0.25, 0.3) is 5.76 Å².